The van der Waals surface area contributed by atoms with Gasteiger partial charge >= 0.3 is 5.72 Å². The Balaban J connectivity index is 1.25. The molecule has 2 aliphatic heterocycles. The van der Waals surface area contributed by atoms with Crippen molar-refractivity contribution in [2.45, 2.75) is 24.0 Å². The third-order valence-corrected chi connectivity index (χ3v) is 7.42. The molecule has 2 fully saturated rings. The van der Waals surface area contributed by atoms with E-state index >= 15 is 0 Å². The molecule has 2 saturated heterocycles. The number of imidazole rings is 1. The maximum atomic E-state index is 12.0. The third-order valence-electron chi connectivity index (χ3n) is 6.51. The van der Waals surface area contributed by atoms with Crippen molar-refractivity contribution in [3.05, 3.63) is 58.4 Å². The van der Waals surface area contributed by atoms with Crippen LogP contribution in [0.25, 0.3) is 38.5 Å². The minimum atomic E-state index is -2.32. The summed E-state index contributed by atoms with van der Waals surface area (Å²) in [5, 5.41) is 10.6. The van der Waals surface area contributed by atoms with Crippen LogP contribution in [0.1, 0.15) is 0 Å². The molecule has 6 rings (SSSR count). The molecule has 2 aliphatic rings. The minimum Gasteiger partial charge on any atom is -0.456 e. The number of benzene rings is 1. The van der Waals surface area contributed by atoms with Gasteiger partial charge in [-0.3, -0.25) is 4.74 Å². The van der Waals surface area contributed by atoms with E-state index in [1.54, 1.807) is 24.6 Å². The molecule has 13 heteroatoms. The summed E-state index contributed by atoms with van der Waals surface area (Å²) in [4.78, 5) is 20.4. The number of nitrogens with zero attached hydrogens (tertiary/aromatic N) is 5. The van der Waals surface area contributed by atoms with Crippen LogP contribution in [0, 0.1) is 6.57 Å². The highest BCUT2D eigenvalue weighted by molar-refractivity contribution is 7.92. The highest BCUT2D eigenvalue weighted by Crippen LogP contribution is 2.40. The number of hydrogen-bond acceptors (Lipinski definition) is 9. The molecule has 0 amide bonds. The monoisotopic (exact) mass is 567 g/mol. The van der Waals surface area contributed by atoms with Crippen molar-refractivity contribution in [3.63, 3.8) is 0 Å². The molecule has 0 saturated carbocycles. The second-order valence-electron chi connectivity index (χ2n) is 9.58. The number of aliphatic hydroxyl groups excluding tert-OH is 1. The van der Waals surface area contributed by atoms with Gasteiger partial charge in [0.25, 0.3) is 12.6 Å². The number of ether oxygens (including phenoxy) is 3. The fourth-order valence-electron chi connectivity index (χ4n) is 4.73. The zero-order valence-corrected chi connectivity index (χ0v) is 22.5. The van der Waals surface area contributed by atoms with E-state index in [2.05, 4.69) is 29.1 Å². The summed E-state index contributed by atoms with van der Waals surface area (Å²) >= 11 is 6.59. The topological polar surface area (TPSA) is 136 Å². The Morgan fingerprint density at radius 3 is 2.69 bits per heavy atom. The van der Waals surface area contributed by atoms with Crippen LogP contribution in [0.2, 0.25) is 5.02 Å². The molecule has 0 radical (unpaired) electrons. The molecule has 11 nitrogen and oxygen atoms in total. The van der Waals surface area contributed by atoms with Crippen LogP contribution in [0.15, 0.2) is 52.9 Å². The third kappa shape index (κ3) is 4.73. The average molecular weight is 568 g/mol. The molecule has 4 aromatic rings. The van der Waals surface area contributed by atoms with Crippen LogP contribution in [0.5, 0.6) is 6.01 Å². The van der Waals surface area contributed by atoms with Gasteiger partial charge in [-0.15, -0.1) is 0 Å². The van der Waals surface area contributed by atoms with Crippen LogP contribution < -0.4 is 4.74 Å². The number of aliphatic hydroxyl groups is 1. The summed E-state index contributed by atoms with van der Waals surface area (Å²) in [7, 11) is -2.32. The van der Waals surface area contributed by atoms with E-state index in [1.165, 1.54) is 0 Å². The summed E-state index contributed by atoms with van der Waals surface area (Å²) in [6.07, 6.45) is 0.900. The Hall–Kier alpha value is -3.60. The van der Waals surface area contributed by atoms with Crippen molar-refractivity contribution >= 4 is 38.3 Å². The fraction of sp³-hybridized carbons (Fsp3) is 0.308. The van der Waals surface area contributed by atoms with E-state index < -0.39 is 33.8 Å². The number of rotatable bonds is 5. The lowest BCUT2D eigenvalue weighted by Crippen LogP contribution is -2.45. The molecule has 5 heterocycles. The lowest BCUT2D eigenvalue weighted by atomic mass is 10.0. The van der Waals surface area contributed by atoms with Crippen molar-refractivity contribution in [1.82, 2.24) is 19.9 Å². The Kier molecular flexibility index (Phi) is 6.28. The predicted octanol–water partition coefficient (Wildman–Crippen LogP) is 3.90. The lowest BCUT2D eigenvalue weighted by molar-refractivity contribution is -0.0417. The van der Waals surface area contributed by atoms with Crippen LogP contribution in [-0.4, -0.2) is 79.0 Å². The summed E-state index contributed by atoms with van der Waals surface area (Å²) in [5.74, 6) is 0.418. The second kappa shape index (κ2) is 9.55. The van der Waals surface area contributed by atoms with Crippen LogP contribution in [0.3, 0.4) is 0 Å². The van der Waals surface area contributed by atoms with Crippen LogP contribution in [-0.2, 0) is 19.2 Å². The number of nitrogens with one attached hydrogen (secondary N) is 1. The number of fused-ring (bicyclic) bond motifs is 2. The maximum Gasteiger partial charge on any atom is 0.442 e. The molecule has 3 aromatic heterocycles. The quantitative estimate of drug-likeness (QED) is 0.370. The SMILES string of the molecule is C#[N+][C@]12OC[C@@H](Oc3nc4nc(-c5ccc(-c6cccc(N=S(C)(C)=O)n6)cc5)c(Cl)cc4[nH]3)[C@H]1OC[C@H]2O. The molecule has 0 bridgehead atoms. The van der Waals surface area contributed by atoms with Gasteiger partial charge in [-0.05, 0) is 23.0 Å². The van der Waals surface area contributed by atoms with Gasteiger partial charge in [0.05, 0.1) is 35.1 Å². The number of pyridine rings is 2. The highest BCUT2D eigenvalue weighted by Gasteiger charge is 2.70. The Labute approximate surface area is 229 Å². The number of hydrogen-bond donors (Lipinski definition) is 2. The Morgan fingerprint density at radius 2 is 1.95 bits per heavy atom. The first kappa shape index (κ1) is 25.7. The summed E-state index contributed by atoms with van der Waals surface area (Å²) in [6, 6.07) is 14.9. The molecule has 1 aromatic carbocycles. The Morgan fingerprint density at radius 1 is 1.18 bits per heavy atom. The van der Waals surface area contributed by atoms with E-state index in [1.807, 2.05) is 36.4 Å². The van der Waals surface area contributed by atoms with E-state index in [4.69, 9.17) is 32.4 Å². The molecule has 0 spiro atoms. The van der Waals surface area contributed by atoms with Gasteiger partial charge < -0.3 is 19.6 Å². The van der Waals surface area contributed by atoms with Gasteiger partial charge in [-0.2, -0.15) is 9.35 Å². The summed E-state index contributed by atoms with van der Waals surface area (Å²) in [6.45, 7) is 5.67. The van der Waals surface area contributed by atoms with Crippen molar-refractivity contribution in [2.24, 2.45) is 4.36 Å². The van der Waals surface area contributed by atoms with Crippen molar-refractivity contribution in [2.75, 3.05) is 25.7 Å². The molecule has 2 N–H and O–H groups in total. The van der Waals surface area contributed by atoms with E-state index in [9.17, 15) is 9.32 Å². The predicted molar refractivity (Wildman–Crippen MR) is 147 cm³/mol. The van der Waals surface area contributed by atoms with Crippen LogP contribution >= 0.6 is 11.6 Å². The van der Waals surface area contributed by atoms with Crippen molar-refractivity contribution in [1.29, 1.82) is 0 Å². The van der Waals surface area contributed by atoms with Crippen molar-refractivity contribution in [3.8, 4) is 35.1 Å². The molecule has 0 aliphatic carbocycles. The molecule has 0 unspecified atom stereocenters. The zero-order chi connectivity index (χ0) is 27.4. The first-order valence-corrected chi connectivity index (χ1v) is 14.7. The van der Waals surface area contributed by atoms with Gasteiger partial charge in [0.2, 0.25) is 6.10 Å². The van der Waals surface area contributed by atoms with Gasteiger partial charge in [0.15, 0.2) is 23.7 Å². The van der Waals surface area contributed by atoms with Crippen molar-refractivity contribution < 1.29 is 23.5 Å². The largest absolute Gasteiger partial charge is 0.456 e. The van der Waals surface area contributed by atoms with E-state index in [-0.39, 0.29) is 19.2 Å². The molecular weight excluding hydrogens is 544 g/mol. The first-order valence-electron chi connectivity index (χ1n) is 12.0. The Bertz CT molecular complexity index is 1740. The smallest absolute Gasteiger partial charge is 0.442 e. The first-order chi connectivity index (χ1) is 18.6. The zero-order valence-electron chi connectivity index (χ0n) is 20.9. The number of H-pyrrole nitrogens is 1. The van der Waals surface area contributed by atoms with E-state index in [0.29, 0.717) is 33.4 Å². The molecule has 39 heavy (non-hydrogen) atoms. The average Bonchev–Trinajstić information content (AvgIpc) is 3.56. The lowest BCUT2D eigenvalue weighted by Gasteiger charge is -2.15. The summed E-state index contributed by atoms with van der Waals surface area (Å²) < 4.78 is 33.5. The normalized spacial score (nSPS) is 24.4. The minimum absolute atomic E-state index is 0.0424. The van der Waals surface area contributed by atoms with Gasteiger partial charge in [0, 0.05) is 33.4 Å². The standard InChI is InChI=1S/C26H24ClN6O5S/c1-28-26-20(34)13-36-23(26)19(12-37-26)38-25-30-18-11-16(27)22(31-24(18)32-25)15-9-7-14(8-10-15)17-5-4-6-21(29-17)33-39(2,3)35/h1,4-11,19-20,23,34H,12-13H2,2-3H3,(H,30,31,32)/q+1/t19-,20-,23-,26-/m1/s1. The van der Waals surface area contributed by atoms with E-state index in [0.717, 1.165) is 11.1 Å². The number of aromatic amines is 1. The van der Waals surface area contributed by atoms with Crippen LogP contribution in [0.4, 0.5) is 5.82 Å². The fourth-order valence-corrected chi connectivity index (χ4v) is 5.54. The second-order valence-corrected chi connectivity index (χ2v) is 12.5. The van der Waals surface area contributed by atoms with Gasteiger partial charge in [-0.25, -0.2) is 14.2 Å². The highest BCUT2D eigenvalue weighted by atomic mass is 35.5. The number of aromatic nitrogens is 4. The van der Waals surface area contributed by atoms with Gasteiger partial charge in [-0.1, -0.05) is 41.9 Å². The number of halogens is 1. The molecular formula is C26H24ClN6O5S+. The maximum absolute atomic E-state index is 12.0. The van der Waals surface area contributed by atoms with Gasteiger partial charge in [0.1, 0.15) is 0 Å². The molecule has 4 atom stereocenters. The molecule has 200 valence electrons. The summed E-state index contributed by atoms with van der Waals surface area (Å²) in [5.41, 5.74) is 2.55.